The van der Waals surface area contributed by atoms with Crippen molar-refractivity contribution in [3.05, 3.63) is 166 Å². The van der Waals surface area contributed by atoms with Gasteiger partial charge in [0.05, 0.1) is 30.8 Å². The second-order valence-corrected chi connectivity index (χ2v) is 42.6. The van der Waals surface area contributed by atoms with E-state index in [0.717, 1.165) is 11.1 Å². The second kappa shape index (κ2) is 18.9. The molecular formula is C68H44S10Si2. The molecule has 0 bridgehead atoms. The van der Waals surface area contributed by atoms with Gasteiger partial charge in [0.25, 0.3) is 0 Å². The number of thiophene rings is 10. The molecule has 18 rings (SSSR count). The van der Waals surface area contributed by atoms with Gasteiger partial charge in [-0.3, -0.25) is 0 Å². The van der Waals surface area contributed by atoms with Gasteiger partial charge < -0.3 is 0 Å². The first kappa shape index (κ1) is 50.0. The summed E-state index contributed by atoms with van der Waals surface area (Å²) < 4.78 is 18.6. The van der Waals surface area contributed by atoms with Gasteiger partial charge >= 0.3 is 0 Å². The van der Waals surface area contributed by atoms with Gasteiger partial charge in [-0.15, -0.1) is 124 Å². The smallest absolute Gasteiger partial charge is 0.129 e. The Kier molecular flexibility index (Phi) is 11.8. The zero-order chi connectivity index (χ0) is 53.8. The molecule has 0 amide bonds. The normalized spacial score (nSPS) is 12.4. The molecule has 18 aromatic rings. The van der Waals surface area contributed by atoms with Crippen LogP contribution in [0.5, 0.6) is 0 Å². The van der Waals surface area contributed by atoms with E-state index >= 15 is 0 Å². The summed E-state index contributed by atoms with van der Waals surface area (Å²) >= 11 is 19.1. The minimum Gasteiger partial charge on any atom is -0.144 e. The van der Waals surface area contributed by atoms with Crippen molar-refractivity contribution in [1.29, 1.82) is 0 Å². The molecule has 8 aromatic carbocycles. The molecule has 10 heterocycles. The van der Waals surface area contributed by atoms with Crippen molar-refractivity contribution in [2.75, 3.05) is 0 Å². The maximum absolute atomic E-state index is 3.50. The minimum atomic E-state index is -1.39. The fraction of sp³-hybridized carbons (Fsp3) is 0.0882. The zero-order valence-corrected chi connectivity index (χ0v) is 54.3. The summed E-state index contributed by atoms with van der Waals surface area (Å²) in [5.74, 6) is 6.83. The maximum atomic E-state index is 3.50. The topological polar surface area (TPSA) is 0 Å². The lowest BCUT2D eigenvalue weighted by Gasteiger charge is -2.05. The molecule has 10 aromatic heterocycles. The van der Waals surface area contributed by atoms with Crippen LogP contribution in [-0.4, -0.2) is 16.1 Å². The van der Waals surface area contributed by atoms with Crippen LogP contribution in [0, 0.1) is 22.9 Å². The van der Waals surface area contributed by atoms with Crippen LogP contribution in [0.25, 0.3) is 151 Å². The van der Waals surface area contributed by atoms with Crippen molar-refractivity contribution in [2.24, 2.45) is 0 Å². The fourth-order valence-electron chi connectivity index (χ4n) is 11.2. The Balaban J connectivity index is 0.000000104. The van der Waals surface area contributed by atoms with Gasteiger partial charge in [0, 0.05) is 98.6 Å². The third kappa shape index (κ3) is 8.29. The summed E-state index contributed by atoms with van der Waals surface area (Å²) in [5, 5.41) is 32.4. The van der Waals surface area contributed by atoms with Crippen LogP contribution in [0.15, 0.2) is 155 Å². The SMILES string of the molecule is C[Si](C)(C)C#Cc1ccc2c(ccc3c2sc2sc4c5ccc(C#C[Si](C)(C)C)cc5ccc4c23)c1.c1cc2c(ccc3c2sc2sc4c5ccsc5ccc4c23)s1.c1cc2ccc3c(sc4sc5c(ccc6ccsc65)c43)c2s1. The lowest BCUT2D eigenvalue weighted by atomic mass is 10.0. The maximum Gasteiger partial charge on any atom is 0.129 e. The number of fused-ring (bicyclic) bond motifs is 27. The average Bonchev–Trinajstić information content (AvgIpc) is 4.40. The summed E-state index contributed by atoms with van der Waals surface area (Å²) in [7, 11) is -2.78. The summed E-state index contributed by atoms with van der Waals surface area (Å²) in [6.07, 6.45) is 0. The molecule has 0 N–H and O–H groups in total. The van der Waals surface area contributed by atoms with Gasteiger partial charge in [-0.05, 0) is 115 Å². The molecule has 0 nitrogen and oxygen atoms in total. The lowest BCUT2D eigenvalue weighted by Crippen LogP contribution is -2.16. The molecule has 0 radical (unpaired) electrons. The van der Waals surface area contributed by atoms with Crippen LogP contribution >= 0.6 is 113 Å². The van der Waals surface area contributed by atoms with E-state index in [9.17, 15) is 0 Å². The Bertz CT molecular complexity index is 5180. The van der Waals surface area contributed by atoms with E-state index in [2.05, 4.69) is 217 Å². The lowest BCUT2D eigenvalue weighted by molar-refractivity contribution is 1.72. The van der Waals surface area contributed by atoms with Crippen LogP contribution < -0.4 is 0 Å². The number of hydrogen-bond acceptors (Lipinski definition) is 10. The third-order valence-electron chi connectivity index (χ3n) is 14.8. The van der Waals surface area contributed by atoms with Crippen LogP contribution in [-0.2, 0) is 0 Å². The third-order valence-corrected chi connectivity index (χ3v) is 28.2. The second-order valence-electron chi connectivity index (χ2n) is 22.5. The van der Waals surface area contributed by atoms with Crippen molar-refractivity contribution in [1.82, 2.24) is 0 Å². The summed E-state index contributed by atoms with van der Waals surface area (Å²) in [6.45, 7) is 13.7. The standard InChI is InChI=1S/C32H28S2Si2.2C18H8S4/c1-35(2,3)17-15-21-7-11-25-23(19-21)9-13-27-29-28-14-10-24-20-22(16-18-36(4,5)6)8-12-26(24)31(28)34-32(29)33-30(25)27;1-3-13-9(5-7-19-13)16-11(1)15-12-2-4-14-10(6-8-20-14)17(12)22-18(15)21-16;1-3-11-13-12-4-2-10-6-8-20-15(10)17(12)22-18(13)21-16(11)14-9(1)5-7-19-14/h7-14,19-20H,1-6H3;2*1-8H. The first-order chi connectivity index (χ1) is 38.9. The molecule has 0 spiro atoms. The van der Waals surface area contributed by atoms with Crippen LogP contribution in [0.4, 0.5) is 0 Å². The summed E-state index contributed by atoms with van der Waals surface area (Å²) in [4.78, 5) is 0. The van der Waals surface area contributed by atoms with E-state index in [4.69, 9.17) is 0 Å². The molecule has 0 saturated carbocycles. The van der Waals surface area contributed by atoms with Crippen molar-refractivity contribution in [2.45, 2.75) is 39.3 Å². The molecule has 0 fully saturated rings. The largest absolute Gasteiger partial charge is 0.144 e. The molecule has 0 atom stereocenters. The molecule has 0 aliphatic rings. The Morgan fingerprint density at radius 2 is 0.600 bits per heavy atom. The first-order valence-corrected chi connectivity index (χ1v) is 41.8. The van der Waals surface area contributed by atoms with Crippen molar-refractivity contribution >= 4 is 280 Å². The Morgan fingerprint density at radius 1 is 0.275 bits per heavy atom. The highest BCUT2D eigenvalue weighted by Gasteiger charge is 2.20. The molecule has 0 unspecified atom stereocenters. The van der Waals surface area contributed by atoms with E-state index in [1.165, 1.54) is 151 Å². The Hall–Kier alpha value is -5.79. The molecule has 0 aliphatic heterocycles. The van der Waals surface area contributed by atoms with E-state index in [0.29, 0.717) is 0 Å². The van der Waals surface area contributed by atoms with Crippen LogP contribution in [0.2, 0.25) is 39.3 Å². The van der Waals surface area contributed by atoms with Gasteiger partial charge in [-0.2, -0.15) is 0 Å². The van der Waals surface area contributed by atoms with E-state index in [-0.39, 0.29) is 0 Å². The van der Waals surface area contributed by atoms with Crippen LogP contribution in [0.1, 0.15) is 11.1 Å². The van der Waals surface area contributed by atoms with Gasteiger partial charge in [-0.25, -0.2) is 0 Å². The monoisotopic (exact) mass is 1240 g/mol. The highest BCUT2D eigenvalue weighted by Crippen LogP contribution is 2.52. The Labute approximate surface area is 503 Å². The van der Waals surface area contributed by atoms with Crippen LogP contribution in [0.3, 0.4) is 0 Å². The van der Waals surface area contributed by atoms with E-state index in [1.54, 1.807) is 0 Å². The molecule has 80 heavy (non-hydrogen) atoms. The van der Waals surface area contributed by atoms with E-state index in [1.807, 2.05) is 113 Å². The molecule has 12 heteroatoms. The highest BCUT2D eigenvalue weighted by atomic mass is 32.2. The van der Waals surface area contributed by atoms with Gasteiger partial charge in [-0.1, -0.05) is 124 Å². The Morgan fingerprint density at radius 3 is 1.00 bits per heavy atom. The summed E-state index contributed by atoms with van der Waals surface area (Å²) in [5.41, 5.74) is 9.23. The number of benzene rings is 8. The molecule has 0 saturated heterocycles. The number of rotatable bonds is 0. The van der Waals surface area contributed by atoms with Crippen molar-refractivity contribution in [3.63, 3.8) is 0 Å². The number of hydrogen-bond donors (Lipinski definition) is 0. The van der Waals surface area contributed by atoms with Gasteiger partial charge in [0.15, 0.2) is 0 Å². The first-order valence-electron chi connectivity index (χ1n) is 26.4. The van der Waals surface area contributed by atoms with E-state index < -0.39 is 16.1 Å². The molecular weight excluding hydrogens is 1190 g/mol. The highest BCUT2D eigenvalue weighted by molar-refractivity contribution is 7.47. The zero-order valence-electron chi connectivity index (χ0n) is 44.1. The minimum absolute atomic E-state index is 1.12. The predicted octanol–water partition coefficient (Wildman–Crippen LogP) is 25.4. The quantitative estimate of drug-likeness (QED) is 0.105. The van der Waals surface area contributed by atoms with Crippen molar-refractivity contribution < 1.29 is 0 Å². The molecule has 0 aliphatic carbocycles. The molecule has 384 valence electrons. The van der Waals surface area contributed by atoms with Gasteiger partial charge in [0.2, 0.25) is 0 Å². The predicted molar refractivity (Wildman–Crippen MR) is 381 cm³/mol. The van der Waals surface area contributed by atoms with Crippen molar-refractivity contribution in [3.8, 4) is 22.9 Å². The van der Waals surface area contributed by atoms with Gasteiger partial charge in [0.1, 0.15) is 16.1 Å². The fourth-order valence-corrected chi connectivity index (χ4v) is 24.5. The average molecular weight is 1240 g/mol. The summed E-state index contributed by atoms with van der Waals surface area (Å²) in [6, 6.07) is 50.0.